The Morgan fingerprint density at radius 3 is 2.55 bits per heavy atom. The van der Waals surface area contributed by atoms with Crippen LogP contribution in [0.1, 0.15) is 27.2 Å². The predicted octanol–water partition coefficient (Wildman–Crippen LogP) is 1.43. The molecular formula is C15H18N4O3. The van der Waals surface area contributed by atoms with Crippen LogP contribution in [0.15, 0.2) is 35.5 Å². The van der Waals surface area contributed by atoms with Crippen molar-refractivity contribution in [3.05, 3.63) is 41.1 Å². The van der Waals surface area contributed by atoms with Gasteiger partial charge in [0.05, 0.1) is 19.2 Å². The molecule has 7 nitrogen and oxygen atoms in total. The van der Waals surface area contributed by atoms with Gasteiger partial charge in [0.1, 0.15) is 5.60 Å². The van der Waals surface area contributed by atoms with Crippen LogP contribution in [0.5, 0.6) is 0 Å². The summed E-state index contributed by atoms with van der Waals surface area (Å²) in [5, 5.41) is 4.04. The molecule has 0 N–H and O–H groups in total. The van der Waals surface area contributed by atoms with Gasteiger partial charge in [-0.2, -0.15) is 5.10 Å². The molecule has 0 fully saturated rings. The van der Waals surface area contributed by atoms with Crippen LogP contribution in [0.2, 0.25) is 0 Å². The molecule has 2 rings (SSSR count). The summed E-state index contributed by atoms with van der Waals surface area (Å²) in [5.74, 6) is 0.0723. The van der Waals surface area contributed by atoms with E-state index in [1.807, 2.05) is 0 Å². The number of aromatic nitrogens is 4. The lowest BCUT2D eigenvalue weighted by Gasteiger charge is -2.19. The summed E-state index contributed by atoms with van der Waals surface area (Å²) in [6.07, 6.45) is 4.78. The molecule has 0 aliphatic rings. The van der Waals surface area contributed by atoms with E-state index in [0.29, 0.717) is 11.4 Å². The number of carbonyl (C=O) groups is 1. The van der Waals surface area contributed by atoms with Gasteiger partial charge < -0.3 is 4.74 Å². The maximum atomic E-state index is 12.0. The van der Waals surface area contributed by atoms with E-state index in [-0.39, 0.29) is 24.5 Å². The average Bonchev–Trinajstić information content (AvgIpc) is 2.45. The first-order valence-corrected chi connectivity index (χ1v) is 6.91. The van der Waals surface area contributed by atoms with Crippen LogP contribution in [0.25, 0.3) is 11.4 Å². The maximum absolute atomic E-state index is 12.0. The van der Waals surface area contributed by atoms with Crippen molar-refractivity contribution < 1.29 is 9.53 Å². The Kier molecular flexibility index (Phi) is 4.65. The molecule has 0 aliphatic carbocycles. The first-order valence-electron chi connectivity index (χ1n) is 6.91. The van der Waals surface area contributed by atoms with E-state index in [2.05, 4.69) is 15.1 Å². The Morgan fingerprint density at radius 2 is 1.95 bits per heavy atom. The molecule has 7 heteroatoms. The third-order valence-electron chi connectivity index (χ3n) is 2.64. The Labute approximate surface area is 128 Å². The third kappa shape index (κ3) is 4.47. The SMILES string of the molecule is CC(C)(C)OC(=O)CCn1ncc(-c2ncccn2)cc1=O. The highest BCUT2D eigenvalue weighted by molar-refractivity contribution is 5.69. The Morgan fingerprint density at radius 1 is 1.27 bits per heavy atom. The highest BCUT2D eigenvalue weighted by Gasteiger charge is 2.16. The van der Waals surface area contributed by atoms with Gasteiger partial charge in [0, 0.05) is 24.0 Å². The number of rotatable bonds is 4. The monoisotopic (exact) mass is 302 g/mol. The fourth-order valence-electron chi connectivity index (χ4n) is 1.76. The van der Waals surface area contributed by atoms with E-state index in [4.69, 9.17) is 4.74 Å². The molecule has 0 saturated heterocycles. The molecule has 0 amide bonds. The zero-order valence-electron chi connectivity index (χ0n) is 12.8. The normalized spacial score (nSPS) is 11.2. The molecule has 0 spiro atoms. The fraction of sp³-hybridized carbons (Fsp3) is 0.400. The quantitative estimate of drug-likeness (QED) is 0.794. The minimum absolute atomic E-state index is 0.0887. The maximum Gasteiger partial charge on any atom is 0.308 e. The van der Waals surface area contributed by atoms with E-state index in [1.165, 1.54) is 16.9 Å². The summed E-state index contributed by atoms with van der Waals surface area (Å²) >= 11 is 0. The summed E-state index contributed by atoms with van der Waals surface area (Å²) in [7, 11) is 0. The molecule has 2 aromatic rings. The zero-order valence-corrected chi connectivity index (χ0v) is 12.8. The van der Waals surface area contributed by atoms with Gasteiger partial charge in [-0.1, -0.05) is 0 Å². The van der Waals surface area contributed by atoms with Crippen LogP contribution in [0.4, 0.5) is 0 Å². The minimum atomic E-state index is -0.538. The first-order chi connectivity index (χ1) is 10.3. The van der Waals surface area contributed by atoms with E-state index in [1.54, 1.807) is 39.2 Å². The van der Waals surface area contributed by atoms with Crippen LogP contribution >= 0.6 is 0 Å². The van der Waals surface area contributed by atoms with E-state index in [9.17, 15) is 9.59 Å². The van der Waals surface area contributed by atoms with Crippen molar-refractivity contribution in [3.8, 4) is 11.4 Å². The summed E-state index contributed by atoms with van der Waals surface area (Å²) < 4.78 is 6.41. The van der Waals surface area contributed by atoms with Gasteiger partial charge in [-0.15, -0.1) is 0 Å². The van der Waals surface area contributed by atoms with Crippen molar-refractivity contribution >= 4 is 5.97 Å². The number of carbonyl (C=O) groups excluding carboxylic acids is 1. The van der Waals surface area contributed by atoms with Gasteiger partial charge in [-0.3, -0.25) is 9.59 Å². The van der Waals surface area contributed by atoms with Gasteiger partial charge in [-0.05, 0) is 26.8 Å². The second-order valence-electron chi connectivity index (χ2n) is 5.71. The van der Waals surface area contributed by atoms with Crippen LogP contribution in [-0.2, 0) is 16.1 Å². The van der Waals surface area contributed by atoms with E-state index >= 15 is 0 Å². The Balaban J connectivity index is 2.05. The van der Waals surface area contributed by atoms with E-state index < -0.39 is 5.60 Å². The van der Waals surface area contributed by atoms with Crippen LogP contribution in [0.3, 0.4) is 0 Å². The smallest absolute Gasteiger partial charge is 0.308 e. The van der Waals surface area contributed by atoms with Gasteiger partial charge in [0.2, 0.25) is 0 Å². The number of hydrogen-bond donors (Lipinski definition) is 0. The highest BCUT2D eigenvalue weighted by Crippen LogP contribution is 2.10. The predicted molar refractivity (Wildman–Crippen MR) is 80.0 cm³/mol. The molecule has 0 saturated carbocycles. The molecule has 116 valence electrons. The summed E-state index contributed by atoms with van der Waals surface area (Å²) in [6.45, 7) is 5.56. The van der Waals surface area contributed by atoms with Crippen LogP contribution in [-0.4, -0.2) is 31.3 Å². The number of nitrogens with zero attached hydrogens (tertiary/aromatic N) is 4. The summed E-state index contributed by atoms with van der Waals surface area (Å²) in [5.41, 5.74) is -0.308. The van der Waals surface area contributed by atoms with Crippen molar-refractivity contribution in [2.75, 3.05) is 0 Å². The fourth-order valence-corrected chi connectivity index (χ4v) is 1.76. The van der Waals surface area contributed by atoms with Crippen LogP contribution in [0, 0.1) is 0 Å². The lowest BCUT2D eigenvalue weighted by Crippen LogP contribution is -2.27. The van der Waals surface area contributed by atoms with Crippen molar-refractivity contribution in [3.63, 3.8) is 0 Å². The van der Waals surface area contributed by atoms with Crippen molar-refractivity contribution in [1.29, 1.82) is 0 Å². The molecule has 0 aromatic carbocycles. The number of esters is 1. The molecule has 0 atom stereocenters. The van der Waals surface area contributed by atoms with Gasteiger partial charge >= 0.3 is 5.97 Å². The average molecular weight is 302 g/mol. The van der Waals surface area contributed by atoms with Crippen molar-refractivity contribution in [2.24, 2.45) is 0 Å². The number of aryl methyl sites for hydroxylation is 1. The second-order valence-corrected chi connectivity index (χ2v) is 5.71. The van der Waals surface area contributed by atoms with E-state index in [0.717, 1.165) is 0 Å². The zero-order chi connectivity index (χ0) is 16.2. The molecule has 2 aromatic heterocycles. The van der Waals surface area contributed by atoms with Crippen molar-refractivity contribution in [1.82, 2.24) is 19.7 Å². The van der Waals surface area contributed by atoms with Crippen molar-refractivity contribution in [2.45, 2.75) is 39.3 Å². The highest BCUT2D eigenvalue weighted by atomic mass is 16.6. The number of hydrogen-bond acceptors (Lipinski definition) is 6. The first kappa shape index (κ1) is 15.8. The Bertz CT molecular complexity index is 705. The minimum Gasteiger partial charge on any atom is -0.460 e. The third-order valence-corrected chi connectivity index (χ3v) is 2.64. The molecule has 0 unspecified atom stereocenters. The van der Waals surface area contributed by atoms with Gasteiger partial charge in [0.15, 0.2) is 5.82 Å². The Hall–Kier alpha value is -2.57. The summed E-state index contributed by atoms with van der Waals surface area (Å²) in [4.78, 5) is 31.8. The lowest BCUT2D eigenvalue weighted by molar-refractivity contribution is -0.155. The number of ether oxygens (including phenoxy) is 1. The summed E-state index contributed by atoms with van der Waals surface area (Å²) in [6, 6.07) is 3.09. The molecule has 0 radical (unpaired) electrons. The van der Waals surface area contributed by atoms with Gasteiger partial charge in [-0.25, -0.2) is 14.6 Å². The largest absolute Gasteiger partial charge is 0.460 e. The van der Waals surface area contributed by atoms with Crippen LogP contribution < -0.4 is 5.56 Å². The topological polar surface area (TPSA) is 87.0 Å². The standard InChI is InChI=1S/C15H18N4O3/c1-15(2,3)22-13(21)5-8-19-12(20)9-11(10-18-19)14-16-6-4-7-17-14/h4,6-7,9-10H,5,8H2,1-3H3. The second kappa shape index (κ2) is 6.46. The lowest BCUT2D eigenvalue weighted by atomic mass is 10.2. The molecular weight excluding hydrogens is 284 g/mol. The molecule has 2 heterocycles. The molecule has 0 aliphatic heterocycles. The molecule has 22 heavy (non-hydrogen) atoms. The van der Waals surface area contributed by atoms with Gasteiger partial charge in [0.25, 0.3) is 5.56 Å². The molecule has 0 bridgehead atoms.